The van der Waals surface area contributed by atoms with Gasteiger partial charge in [-0.05, 0) is 12.5 Å². The van der Waals surface area contributed by atoms with Crippen molar-refractivity contribution in [2.75, 3.05) is 4.90 Å². The molecule has 1 aromatic carbocycles. The van der Waals surface area contributed by atoms with Crippen LogP contribution in [0.1, 0.15) is 6.42 Å². The number of hydrogen-bond acceptors (Lipinski definition) is 5. The predicted molar refractivity (Wildman–Crippen MR) is 72.8 cm³/mol. The maximum Gasteiger partial charge on any atom is 0.271 e. The Kier molecular flexibility index (Phi) is 2.08. The summed E-state index contributed by atoms with van der Waals surface area (Å²) < 4.78 is 5.55. The summed E-state index contributed by atoms with van der Waals surface area (Å²) in [7, 11) is 0. The molecule has 2 bridgehead atoms. The van der Waals surface area contributed by atoms with Crippen LogP contribution in [-0.2, 0) is 14.3 Å². The van der Waals surface area contributed by atoms with E-state index in [0.717, 1.165) is 11.3 Å². The quantitative estimate of drug-likeness (QED) is 0.353. The van der Waals surface area contributed by atoms with Crippen LogP contribution in [0.3, 0.4) is 0 Å². The molecule has 4 fully saturated rings. The zero-order valence-electron chi connectivity index (χ0n) is 11.4. The topological polar surface area (TPSA) is 93.1 Å². The number of imide groups is 1. The maximum absolute atomic E-state index is 12.7. The maximum atomic E-state index is 12.7. The Morgan fingerprint density at radius 1 is 1.14 bits per heavy atom. The van der Waals surface area contributed by atoms with Crippen LogP contribution >= 0.6 is 0 Å². The van der Waals surface area contributed by atoms with E-state index in [0.29, 0.717) is 5.69 Å². The van der Waals surface area contributed by atoms with Crippen molar-refractivity contribution >= 4 is 23.2 Å². The Bertz CT molecular complexity index is 715. The Morgan fingerprint density at radius 3 is 2.36 bits per heavy atom. The van der Waals surface area contributed by atoms with E-state index in [1.54, 1.807) is 6.07 Å². The second kappa shape index (κ2) is 3.73. The number of fused-ring (bicyclic) bond motifs is 8. The van der Waals surface area contributed by atoms with Gasteiger partial charge in [-0.2, -0.15) is 0 Å². The Labute approximate surface area is 125 Å². The summed E-state index contributed by atoms with van der Waals surface area (Å²) in [6, 6.07) is 5.71. The van der Waals surface area contributed by atoms with Gasteiger partial charge in [0.15, 0.2) is 0 Å². The van der Waals surface area contributed by atoms with E-state index in [1.165, 1.54) is 18.2 Å². The van der Waals surface area contributed by atoms with Gasteiger partial charge in [0.25, 0.3) is 5.69 Å². The number of nitrogens with zero attached hydrogens (tertiary/aromatic N) is 2. The average Bonchev–Trinajstić information content (AvgIpc) is 3.01. The molecule has 2 heterocycles. The highest BCUT2D eigenvalue weighted by molar-refractivity contribution is 6.22. The molecule has 2 amide bonds. The first-order valence-corrected chi connectivity index (χ1v) is 7.35. The summed E-state index contributed by atoms with van der Waals surface area (Å²) in [4.78, 5) is 36.9. The minimum absolute atomic E-state index is 0.121. The lowest BCUT2D eigenvalue weighted by atomic mass is 9.81. The van der Waals surface area contributed by atoms with Crippen molar-refractivity contribution in [2.24, 2.45) is 23.7 Å². The molecule has 6 atom stereocenters. The molecule has 112 valence electrons. The van der Waals surface area contributed by atoms with Crippen LogP contribution < -0.4 is 4.90 Å². The number of ether oxygens (including phenoxy) is 1. The van der Waals surface area contributed by atoms with Crippen molar-refractivity contribution in [1.82, 2.24) is 0 Å². The van der Waals surface area contributed by atoms with Crippen LogP contribution in [0.5, 0.6) is 0 Å². The molecule has 0 aromatic heterocycles. The first-order chi connectivity index (χ1) is 10.6. The van der Waals surface area contributed by atoms with Crippen molar-refractivity contribution in [3.63, 3.8) is 0 Å². The van der Waals surface area contributed by atoms with E-state index in [2.05, 4.69) is 0 Å². The molecule has 1 aromatic rings. The lowest BCUT2D eigenvalue weighted by Gasteiger charge is -2.17. The number of nitro benzene ring substituents is 1. The summed E-state index contributed by atoms with van der Waals surface area (Å²) in [5, 5.41) is 10.9. The molecule has 2 aliphatic heterocycles. The highest BCUT2D eigenvalue weighted by atomic mass is 16.6. The number of nitro groups is 1. The highest BCUT2D eigenvalue weighted by Gasteiger charge is 2.73. The molecule has 2 aliphatic carbocycles. The molecule has 0 unspecified atom stereocenters. The highest BCUT2D eigenvalue weighted by Crippen LogP contribution is 2.64. The number of amides is 2. The third-order valence-electron chi connectivity index (χ3n) is 5.57. The van der Waals surface area contributed by atoms with Gasteiger partial charge in [-0.3, -0.25) is 19.7 Å². The second-order valence-corrected chi connectivity index (χ2v) is 6.47. The number of rotatable bonds is 2. The average molecular weight is 300 g/mol. The Morgan fingerprint density at radius 2 is 1.77 bits per heavy atom. The molecule has 22 heavy (non-hydrogen) atoms. The van der Waals surface area contributed by atoms with Gasteiger partial charge in [0.1, 0.15) is 0 Å². The monoisotopic (exact) mass is 300 g/mol. The van der Waals surface area contributed by atoms with Crippen LogP contribution in [0.2, 0.25) is 0 Å². The van der Waals surface area contributed by atoms with Crippen molar-refractivity contribution in [3.05, 3.63) is 34.4 Å². The van der Waals surface area contributed by atoms with Crippen LogP contribution in [0.25, 0.3) is 0 Å². The molecule has 2 saturated heterocycles. The van der Waals surface area contributed by atoms with E-state index < -0.39 is 4.92 Å². The second-order valence-electron chi connectivity index (χ2n) is 6.47. The minimum atomic E-state index is -0.526. The fourth-order valence-corrected chi connectivity index (χ4v) is 4.72. The lowest BCUT2D eigenvalue weighted by Crippen LogP contribution is -2.33. The number of epoxide rings is 1. The first-order valence-electron chi connectivity index (χ1n) is 7.35. The molecule has 0 N–H and O–H groups in total. The van der Waals surface area contributed by atoms with E-state index in [1.807, 2.05) is 0 Å². The van der Waals surface area contributed by atoms with E-state index in [9.17, 15) is 19.7 Å². The largest absolute Gasteiger partial charge is 0.369 e. The van der Waals surface area contributed by atoms with Crippen molar-refractivity contribution in [2.45, 2.75) is 18.6 Å². The summed E-state index contributed by atoms with van der Waals surface area (Å²) in [6.07, 6.45) is 1.19. The number of carbonyl (C=O) groups is 2. The molecule has 2 saturated carbocycles. The van der Waals surface area contributed by atoms with Gasteiger partial charge in [-0.15, -0.1) is 0 Å². The van der Waals surface area contributed by atoms with Gasteiger partial charge in [0.05, 0.1) is 34.7 Å². The van der Waals surface area contributed by atoms with Gasteiger partial charge in [-0.25, -0.2) is 4.90 Å². The third-order valence-corrected chi connectivity index (χ3v) is 5.57. The Hall–Kier alpha value is -2.28. The summed E-state index contributed by atoms with van der Waals surface area (Å²) in [5.74, 6) is -0.782. The molecule has 5 rings (SSSR count). The van der Waals surface area contributed by atoms with E-state index in [-0.39, 0.29) is 53.4 Å². The summed E-state index contributed by atoms with van der Waals surface area (Å²) >= 11 is 0. The van der Waals surface area contributed by atoms with E-state index in [4.69, 9.17) is 4.74 Å². The number of hydrogen-bond donors (Lipinski definition) is 0. The number of benzene rings is 1. The van der Waals surface area contributed by atoms with Crippen LogP contribution in [0, 0.1) is 33.8 Å². The summed E-state index contributed by atoms with van der Waals surface area (Å²) in [5.41, 5.74) is 0.178. The molecule has 4 aliphatic rings. The standard InChI is InChI=1S/C15H12N2O5/c18-14-10-8-5-9(13-12(8)22-13)11(10)15(19)16(14)6-2-1-3-7(4-6)17(20)21/h1-4,8-13H,5H2/t8-,9+,10-,11+,12-,13+. The minimum Gasteiger partial charge on any atom is -0.369 e. The number of non-ortho nitro benzene ring substituents is 1. The van der Waals surface area contributed by atoms with Crippen molar-refractivity contribution in [3.8, 4) is 0 Å². The normalized spacial score (nSPS) is 40.8. The van der Waals surface area contributed by atoms with Gasteiger partial charge in [0, 0.05) is 24.0 Å². The zero-order valence-corrected chi connectivity index (χ0v) is 11.4. The molecule has 0 spiro atoms. The fourth-order valence-electron chi connectivity index (χ4n) is 4.72. The molecule has 0 radical (unpaired) electrons. The zero-order chi connectivity index (χ0) is 15.2. The number of carbonyl (C=O) groups excluding carboxylic acids is 2. The Balaban J connectivity index is 1.55. The van der Waals surface area contributed by atoms with Crippen molar-refractivity contribution < 1.29 is 19.2 Å². The lowest BCUT2D eigenvalue weighted by molar-refractivity contribution is -0.384. The van der Waals surface area contributed by atoms with Crippen molar-refractivity contribution in [1.29, 1.82) is 0 Å². The molecule has 7 nitrogen and oxygen atoms in total. The van der Waals surface area contributed by atoms with E-state index >= 15 is 0 Å². The van der Waals surface area contributed by atoms with Gasteiger partial charge in [0.2, 0.25) is 11.8 Å². The van der Waals surface area contributed by atoms with Gasteiger partial charge < -0.3 is 4.74 Å². The molecule has 7 heteroatoms. The third kappa shape index (κ3) is 1.30. The molecular formula is C15H12N2O5. The SMILES string of the molecule is O=C1[C@@H]2[C@H]3C[C@H]([C@@H]4O[C@H]34)[C@@H]2C(=O)N1c1cccc([N+](=O)[O-])c1. The fraction of sp³-hybridized carbons (Fsp3) is 0.467. The summed E-state index contributed by atoms with van der Waals surface area (Å²) in [6.45, 7) is 0. The van der Waals surface area contributed by atoms with Gasteiger partial charge >= 0.3 is 0 Å². The first kappa shape index (κ1) is 12.3. The van der Waals surface area contributed by atoms with Crippen LogP contribution in [-0.4, -0.2) is 28.9 Å². The molecular weight excluding hydrogens is 288 g/mol. The van der Waals surface area contributed by atoms with Crippen LogP contribution in [0.4, 0.5) is 11.4 Å². The number of anilines is 1. The van der Waals surface area contributed by atoms with Gasteiger partial charge in [-0.1, -0.05) is 6.07 Å². The van der Waals surface area contributed by atoms with Crippen LogP contribution in [0.15, 0.2) is 24.3 Å². The smallest absolute Gasteiger partial charge is 0.271 e. The predicted octanol–water partition coefficient (Wildman–Crippen LogP) is 1.12.